The van der Waals surface area contributed by atoms with Crippen LogP contribution in [-0.4, -0.2) is 22.7 Å². The quantitative estimate of drug-likeness (QED) is 0.778. The van der Waals surface area contributed by atoms with Gasteiger partial charge in [0.25, 0.3) is 0 Å². The number of nitrogens with one attached hydrogen (secondary N) is 1. The van der Waals surface area contributed by atoms with Crippen molar-refractivity contribution < 1.29 is 4.74 Å². The number of para-hydroxylation sites is 1. The fourth-order valence-electron chi connectivity index (χ4n) is 3.13. The number of methoxy groups -OCH3 is 1. The van der Waals surface area contributed by atoms with Gasteiger partial charge in [-0.15, -0.1) is 0 Å². The summed E-state index contributed by atoms with van der Waals surface area (Å²) in [5.74, 6) is 1.69. The predicted molar refractivity (Wildman–Crippen MR) is 98.0 cm³/mol. The van der Waals surface area contributed by atoms with Gasteiger partial charge < -0.3 is 10.1 Å². The molecule has 24 heavy (non-hydrogen) atoms. The largest absolute Gasteiger partial charge is 0.496 e. The summed E-state index contributed by atoms with van der Waals surface area (Å²) < 4.78 is 7.58. The zero-order valence-electron chi connectivity index (χ0n) is 14.8. The lowest BCUT2D eigenvalue weighted by Gasteiger charge is -2.18. The Bertz CT molecular complexity index is 733. The number of aryl methyl sites for hydroxylation is 2. The first-order valence-electron chi connectivity index (χ1n) is 8.75. The normalized spacial score (nSPS) is 13.2. The summed E-state index contributed by atoms with van der Waals surface area (Å²) in [7, 11) is 1.69. The molecule has 0 unspecified atom stereocenters. The molecule has 0 amide bonds. The maximum atomic E-state index is 5.46. The van der Waals surface area contributed by atoms with Crippen molar-refractivity contribution in [2.45, 2.75) is 52.6 Å². The number of rotatable bonds is 7. The number of ether oxygens (including phenoxy) is 1. The van der Waals surface area contributed by atoms with E-state index < -0.39 is 0 Å². The van der Waals surface area contributed by atoms with Crippen LogP contribution in [0.25, 0.3) is 0 Å². The maximum Gasteiger partial charge on any atom is 0.137 e. The number of benzene rings is 1. The number of anilines is 1. The Labute approximate surface area is 143 Å². The van der Waals surface area contributed by atoms with E-state index in [1.807, 2.05) is 24.3 Å². The Morgan fingerprint density at radius 3 is 2.83 bits per heavy atom. The lowest BCUT2D eigenvalue weighted by atomic mass is 10.1. The van der Waals surface area contributed by atoms with Crippen LogP contribution in [0, 0.1) is 6.92 Å². The standard InChI is InChI=1S/C19H26N4O/c1-4-5-6-9-12-23-16-13-20-19(21-18(16)14(2)22-23)15-10-7-8-11-17(15)24-3/h7-8,10-11H,4-6,9,12-13H2,1-3H3,(H,20,21). The van der Waals surface area contributed by atoms with E-state index >= 15 is 0 Å². The molecule has 5 heteroatoms. The molecule has 0 saturated carbocycles. The second kappa shape index (κ2) is 7.51. The summed E-state index contributed by atoms with van der Waals surface area (Å²) in [4.78, 5) is 4.73. The van der Waals surface area contributed by atoms with E-state index in [1.165, 1.54) is 31.4 Å². The van der Waals surface area contributed by atoms with Crippen molar-refractivity contribution in [3.63, 3.8) is 0 Å². The minimum absolute atomic E-state index is 0.657. The zero-order valence-corrected chi connectivity index (χ0v) is 14.8. The van der Waals surface area contributed by atoms with E-state index in [0.717, 1.165) is 35.1 Å². The predicted octanol–water partition coefficient (Wildman–Crippen LogP) is 4.15. The van der Waals surface area contributed by atoms with Crippen molar-refractivity contribution in [2.75, 3.05) is 12.4 Å². The van der Waals surface area contributed by atoms with E-state index in [-0.39, 0.29) is 0 Å². The van der Waals surface area contributed by atoms with Crippen molar-refractivity contribution in [1.29, 1.82) is 0 Å². The molecule has 0 radical (unpaired) electrons. The van der Waals surface area contributed by atoms with Crippen LogP contribution in [0.15, 0.2) is 29.3 Å². The van der Waals surface area contributed by atoms with Gasteiger partial charge in [0.1, 0.15) is 11.6 Å². The number of hydrogen-bond acceptors (Lipinski definition) is 4. The fraction of sp³-hybridized carbons (Fsp3) is 0.474. The minimum Gasteiger partial charge on any atom is -0.496 e. The van der Waals surface area contributed by atoms with E-state index in [1.54, 1.807) is 7.11 Å². The lowest BCUT2D eigenvalue weighted by molar-refractivity contribution is 0.414. The molecule has 3 rings (SSSR count). The highest BCUT2D eigenvalue weighted by atomic mass is 16.5. The molecule has 0 spiro atoms. The Hall–Kier alpha value is -2.30. The Morgan fingerprint density at radius 1 is 1.21 bits per heavy atom. The van der Waals surface area contributed by atoms with Gasteiger partial charge in [-0.1, -0.05) is 38.3 Å². The zero-order chi connectivity index (χ0) is 16.9. The van der Waals surface area contributed by atoms with Gasteiger partial charge in [0.2, 0.25) is 0 Å². The first-order chi connectivity index (χ1) is 11.7. The first-order valence-corrected chi connectivity index (χ1v) is 8.75. The molecule has 1 aromatic carbocycles. The molecular formula is C19H26N4O. The SMILES string of the molecule is CCCCCCn1nc(C)c2c1CN=C(c1ccccc1OC)N2. The molecule has 1 aromatic heterocycles. The smallest absolute Gasteiger partial charge is 0.137 e. The summed E-state index contributed by atoms with van der Waals surface area (Å²) in [6.07, 6.45) is 4.97. The summed E-state index contributed by atoms with van der Waals surface area (Å²) in [5, 5.41) is 8.18. The monoisotopic (exact) mass is 326 g/mol. The molecule has 2 heterocycles. The molecule has 0 aliphatic carbocycles. The lowest BCUT2D eigenvalue weighted by Crippen LogP contribution is -2.21. The van der Waals surface area contributed by atoms with Crippen molar-refractivity contribution in [1.82, 2.24) is 9.78 Å². The number of nitrogens with zero attached hydrogens (tertiary/aromatic N) is 3. The second-order valence-corrected chi connectivity index (χ2v) is 6.18. The van der Waals surface area contributed by atoms with Crippen molar-refractivity contribution in [2.24, 2.45) is 4.99 Å². The number of fused-ring (bicyclic) bond motifs is 1. The highest BCUT2D eigenvalue weighted by Crippen LogP contribution is 2.28. The van der Waals surface area contributed by atoms with Gasteiger partial charge >= 0.3 is 0 Å². The van der Waals surface area contributed by atoms with E-state index in [0.29, 0.717) is 6.54 Å². The van der Waals surface area contributed by atoms with Crippen molar-refractivity contribution >= 4 is 11.5 Å². The molecule has 0 bridgehead atoms. The van der Waals surface area contributed by atoms with Gasteiger partial charge in [-0.2, -0.15) is 5.10 Å². The topological polar surface area (TPSA) is 51.4 Å². The van der Waals surface area contributed by atoms with Crippen LogP contribution in [0.3, 0.4) is 0 Å². The van der Waals surface area contributed by atoms with Crippen LogP contribution in [0.1, 0.15) is 49.6 Å². The third kappa shape index (κ3) is 3.30. The van der Waals surface area contributed by atoms with Gasteiger partial charge in [0.15, 0.2) is 0 Å². The number of unbranched alkanes of at least 4 members (excludes halogenated alkanes) is 3. The van der Waals surface area contributed by atoms with Crippen LogP contribution in [0.4, 0.5) is 5.69 Å². The third-order valence-corrected chi connectivity index (χ3v) is 4.45. The number of hydrogen-bond donors (Lipinski definition) is 1. The molecule has 1 N–H and O–H groups in total. The number of aliphatic imine (C=N–C) groups is 1. The average Bonchev–Trinajstić information content (AvgIpc) is 2.94. The van der Waals surface area contributed by atoms with Crippen LogP contribution in [-0.2, 0) is 13.1 Å². The molecule has 5 nitrogen and oxygen atoms in total. The Kier molecular flexibility index (Phi) is 5.18. The Morgan fingerprint density at radius 2 is 2.04 bits per heavy atom. The first kappa shape index (κ1) is 16.6. The fourth-order valence-corrected chi connectivity index (χ4v) is 3.13. The van der Waals surface area contributed by atoms with Gasteiger partial charge in [-0.25, -0.2) is 0 Å². The van der Waals surface area contributed by atoms with Gasteiger partial charge in [0, 0.05) is 6.54 Å². The summed E-state index contributed by atoms with van der Waals surface area (Å²) >= 11 is 0. The van der Waals surface area contributed by atoms with Crippen LogP contribution in [0.2, 0.25) is 0 Å². The molecule has 1 aliphatic heterocycles. The molecule has 128 valence electrons. The van der Waals surface area contributed by atoms with Crippen molar-refractivity contribution in [3.8, 4) is 5.75 Å². The summed E-state index contributed by atoms with van der Waals surface area (Å²) in [6, 6.07) is 7.96. The van der Waals surface area contributed by atoms with Gasteiger partial charge in [0.05, 0.1) is 36.3 Å². The van der Waals surface area contributed by atoms with Gasteiger partial charge in [-0.05, 0) is 25.5 Å². The molecule has 2 aromatic rings. The molecule has 0 atom stereocenters. The van der Waals surface area contributed by atoms with Crippen LogP contribution in [0.5, 0.6) is 5.75 Å². The van der Waals surface area contributed by atoms with Crippen LogP contribution >= 0.6 is 0 Å². The molecular weight excluding hydrogens is 300 g/mol. The van der Waals surface area contributed by atoms with E-state index in [9.17, 15) is 0 Å². The third-order valence-electron chi connectivity index (χ3n) is 4.45. The highest BCUT2D eigenvalue weighted by molar-refractivity contribution is 6.11. The molecule has 0 fully saturated rings. The molecule has 1 aliphatic rings. The van der Waals surface area contributed by atoms with Crippen LogP contribution < -0.4 is 10.1 Å². The summed E-state index contributed by atoms with van der Waals surface area (Å²) in [5.41, 5.74) is 4.30. The second-order valence-electron chi connectivity index (χ2n) is 6.18. The summed E-state index contributed by atoms with van der Waals surface area (Å²) in [6.45, 7) is 5.92. The number of aromatic nitrogens is 2. The average molecular weight is 326 g/mol. The maximum absolute atomic E-state index is 5.46. The number of amidine groups is 1. The van der Waals surface area contributed by atoms with Gasteiger partial charge in [-0.3, -0.25) is 9.67 Å². The molecule has 0 saturated heterocycles. The van der Waals surface area contributed by atoms with E-state index in [4.69, 9.17) is 14.8 Å². The van der Waals surface area contributed by atoms with Crippen molar-refractivity contribution in [3.05, 3.63) is 41.2 Å². The Balaban J connectivity index is 1.79. The minimum atomic E-state index is 0.657. The highest BCUT2D eigenvalue weighted by Gasteiger charge is 2.22. The van der Waals surface area contributed by atoms with E-state index in [2.05, 4.69) is 23.8 Å².